The van der Waals surface area contributed by atoms with Crippen LogP contribution in [-0.2, 0) is 6.42 Å². The molecule has 1 aliphatic heterocycles. The fourth-order valence-corrected chi connectivity index (χ4v) is 2.49. The highest BCUT2D eigenvalue weighted by Crippen LogP contribution is 2.18. The summed E-state index contributed by atoms with van der Waals surface area (Å²) in [5.41, 5.74) is 1.51. The molecule has 1 heterocycles. The second-order valence-electron chi connectivity index (χ2n) is 4.58. The Hall–Kier alpha value is -0.530. The monoisotopic (exact) mass is 225 g/mol. The Morgan fingerprint density at radius 2 is 2.00 bits per heavy atom. The summed E-state index contributed by atoms with van der Waals surface area (Å²) in [5, 5.41) is 2.47. The maximum absolute atomic E-state index is 2.47. The minimum Gasteiger partial charge on any atom is -1.00 e. The van der Waals surface area contributed by atoms with E-state index in [0.717, 1.165) is 12.0 Å². The normalized spacial score (nSPS) is 25.7. The van der Waals surface area contributed by atoms with E-state index in [2.05, 4.69) is 42.6 Å². The van der Waals surface area contributed by atoms with E-state index >= 15 is 0 Å². The SMILES string of the molecule is CC1CC(Cc2ccccc2)CC[NH2+]1.[Cl-]. The second-order valence-corrected chi connectivity index (χ2v) is 4.58. The highest BCUT2D eigenvalue weighted by atomic mass is 35.5. The Kier molecular flexibility index (Phi) is 5.13. The van der Waals surface area contributed by atoms with E-state index in [1.165, 1.54) is 31.4 Å². The molecule has 2 unspecified atom stereocenters. The molecule has 1 saturated heterocycles. The van der Waals surface area contributed by atoms with Crippen LogP contribution in [0.1, 0.15) is 25.3 Å². The fraction of sp³-hybridized carbons (Fsp3) is 0.538. The van der Waals surface area contributed by atoms with Gasteiger partial charge in [-0.3, -0.25) is 0 Å². The van der Waals surface area contributed by atoms with Gasteiger partial charge in [0.15, 0.2) is 0 Å². The number of hydrogen-bond donors (Lipinski definition) is 1. The van der Waals surface area contributed by atoms with Crippen LogP contribution in [0.4, 0.5) is 0 Å². The molecule has 2 atom stereocenters. The van der Waals surface area contributed by atoms with E-state index in [4.69, 9.17) is 0 Å². The summed E-state index contributed by atoms with van der Waals surface area (Å²) in [7, 11) is 0. The minimum atomic E-state index is 0. The lowest BCUT2D eigenvalue weighted by Gasteiger charge is -2.25. The van der Waals surface area contributed by atoms with Crippen molar-refractivity contribution in [1.29, 1.82) is 0 Å². The molecular weight excluding hydrogens is 206 g/mol. The maximum atomic E-state index is 2.47. The molecule has 1 fully saturated rings. The molecule has 0 aliphatic carbocycles. The van der Waals surface area contributed by atoms with Crippen LogP contribution in [-0.4, -0.2) is 12.6 Å². The van der Waals surface area contributed by atoms with E-state index < -0.39 is 0 Å². The lowest BCUT2D eigenvalue weighted by molar-refractivity contribution is -0.696. The predicted molar refractivity (Wildman–Crippen MR) is 59.1 cm³/mol. The summed E-state index contributed by atoms with van der Waals surface area (Å²) in [6.45, 7) is 3.66. The Labute approximate surface area is 98.7 Å². The maximum Gasteiger partial charge on any atom is 0.0833 e. The molecular formula is C13H20ClN. The molecule has 0 aromatic heterocycles. The van der Waals surface area contributed by atoms with Crippen molar-refractivity contribution in [3.63, 3.8) is 0 Å². The van der Waals surface area contributed by atoms with Crippen molar-refractivity contribution >= 4 is 0 Å². The summed E-state index contributed by atoms with van der Waals surface area (Å²) >= 11 is 0. The van der Waals surface area contributed by atoms with Gasteiger partial charge in [0.25, 0.3) is 0 Å². The summed E-state index contributed by atoms with van der Waals surface area (Å²) in [6.07, 6.45) is 4.05. The largest absolute Gasteiger partial charge is 1.00 e. The number of halogens is 1. The van der Waals surface area contributed by atoms with Crippen molar-refractivity contribution in [2.75, 3.05) is 6.54 Å². The smallest absolute Gasteiger partial charge is 0.0833 e. The van der Waals surface area contributed by atoms with E-state index in [0.29, 0.717) is 0 Å². The minimum absolute atomic E-state index is 0. The summed E-state index contributed by atoms with van der Waals surface area (Å²) < 4.78 is 0. The van der Waals surface area contributed by atoms with Gasteiger partial charge in [-0.05, 0) is 31.2 Å². The molecule has 2 N–H and O–H groups in total. The van der Waals surface area contributed by atoms with Crippen molar-refractivity contribution in [2.45, 2.75) is 32.2 Å². The number of quaternary nitrogens is 1. The second kappa shape index (κ2) is 6.14. The lowest BCUT2D eigenvalue weighted by atomic mass is 9.88. The van der Waals surface area contributed by atoms with Crippen LogP contribution >= 0.6 is 0 Å². The zero-order valence-electron chi connectivity index (χ0n) is 9.33. The molecule has 0 amide bonds. The average Bonchev–Trinajstić information content (AvgIpc) is 2.19. The first-order valence-corrected chi connectivity index (χ1v) is 5.72. The number of hydrogen-bond acceptors (Lipinski definition) is 0. The van der Waals surface area contributed by atoms with Gasteiger partial charge in [-0.2, -0.15) is 0 Å². The molecule has 1 aliphatic rings. The Bertz CT molecular complexity index is 273. The molecule has 2 rings (SSSR count). The van der Waals surface area contributed by atoms with Gasteiger partial charge in [0.1, 0.15) is 0 Å². The molecule has 1 aromatic carbocycles. The summed E-state index contributed by atoms with van der Waals surface area (Å²) in [6, 6.07) is 11.7. The highest BCUT2D eigenvalue weighted by Gasteiger charge is 2.20. The first-order chi connectivity index (χ1) is 6.84. The number of nitrogens with two attached hydrogens (primary N) is 1. The molecule has 2 heteroatoms. The number of benzene rings is 1. The van der Waals surface area contributed by atoms with E-state index in [9.17, 15) is 0 Å². The van der Waals surface area contributed by atoms with Gasteiger partial charge >= 0.3 is 0 Å². The van der Waals surface area contributed by atoms with Crippen LogP contribution < -0.4 is 17.7 Å². The van der Waals surface area contributed by atoms with Gasteiger partial charge < -0.3 is 17.7 Å². The highest BCUT2D eigenvalue weighted by molar-refractivity contribution is 5.15. The first kappa shape index (κ1) is 12.5. The molecule has 0 radical (unpaired) electrons. The third-order valence-electron chi connectivity index (χ3n) is 3.22. The Morgan fingerprint density at radius 1 is 1.27 bits per heavy atom. The van der Waals surface area contributed by atoms with Crippen LogP contribution in [0.2, 0.25) is 0 Å². The van der Waals surface area contributed by atoms with Crippen molar-refractivity contribution in [3.05, 3.63) is 35.9 Å². The van der Waals surface area contributed by atoms with Crippen molar-refractivity contribution < 1.29 is 17.7 Å². The van der Waals surface area contributed by atoms with Gasteiger partial charge in [0.05, 0.1) is 12.6 Å². The predicted octanol–water partition coefficient (Wildman–Crippen LogP) is -1.40. The Morgan fingerprint density at radius 3 is 2.67 bits per heavy atom. The summed E-state index contributed by atoms with van der Waals surface area (Å²) in [5.74, 6) is 0.914. The van der Waals surface area contributed by atoms with E-state index in [1.807, 2.05) is 0 Å². The summed E-state index contributed by atoms with van der Waals surface area (Å²) in [4.78, 5) is 0. The third-order valence-corrected chi connectivity index (χ3v) is 3.22. The molecule has 0 spiro atoms. The topological polar surface area (TPSA) is 16.6 Å². The van der Waals surface area contributed by atoms with Gasteiger partial charge in [0, 0.05) is 6.42 Å². The van der Waals surface area contributed by atoms with E-state index in [1.54, 1.807) is 0 Å². The molecule has 1 nitrogen and oxygen atoms in total. The van der Waals surface area contributed by atoms with Crippen LogP contribution in [0, 0.1) is 5.92 Å². The van der Waals surface area contributed by atoms with E-state index in [-0.39, 0.29) is 12.4 Å². The quantitative estimate of drug-likeness (QED) is 0.638. The fourth-order valence-electron chi connectivity index (χ4n) is 2.49. The van der Waals surface area contributed by atoms with Crippen LogP contribution in [0.3, 0.4) is 0 Å². The van der Waals surface area contributed by atoms with Crippen LogP contribution in [0.15, 0.2) is 30.3 Å². The number of rotatable bonds is 2. The zero-order valence-corrected chi connectivity index (χ0v) is 10.1. The standard InChI is InChI=1S/C13H19N.ClH/c1-11-9-13(7-8-14-11)10-12-5-3-2-4-6-12;/h2-6,11,13-14H,7-10H2,1H3;1H. The lowest BCUT2D eigenvalue weighted by Crippen LogP contribution is -3.00. The van der Waals surface area contributed by atoms with Crippen molar-refractivity contribution in [2.24, 2.45) is 5.92 Å². The van der Waals surface area contributed by atoms with Crippen molar-refractivity contribution in [1.82, 2.24) is 0 Å². The third kappa shape index (κ3) is 3.84. The number of piperidine rings is 1. The molecule has 84 valence electrons. The van der Waals surface area contributed by atoms with Gasteiger partial charge in [-0.15, -0.1) is 0 Å². The average molecular weight is 226 g/mol. The zero-order chi connectivity index (χ0) is 9.80. The van der Waals surface area contributed by atoms with Crippen LogP contribution in [0.5, 0.6) is 0 Å². The van der Waals surface area contributed by atoms with Gasteiger partial charge in [-0.1, -0.05) is 30.3 Å². The molecule has 1 aromatic rings. The first-order valence-electron chi connectivity index (χ1n) is 5.72. The Balaban J connectivity index is 0.00000112. The van der Waals surface area contributed by atoms with Crippen LogP contribution in [0.25, 0.3) is 0 Å². The molecule has 0 saturated carbocycles. The van der Waals surface area contributed by atoms with Gasteiger partial charge in [-0.25, -0.2) is 0 Å². The van der Waals surface area contributed by atoms with Gasteiger partial charge in [0.2, 0.25) is 0 Å². The van der Waals surface area contributed by atoms with Crippen molar-refractivity contribution in [3.8, 4) is 0 Å². The molecule has 15 heavy (non-hydrogen) atoms. The molecule has 0 bridgehead atoms.